The van der Waals surface area contributed by atoms with E-state index < -0.39 is 10.2 Å². The molecule has 6 nitrogen and oxygen atoms in total. The Kier molecular flexibility index (Phi) is 4.91. The number of aromatic nitrogens is 2. The van der Waals surface area contributed by atoms with Crippen LogP contribution in [0.5, 0.6) is 0 Å². The number of nitrogens with one attached hydrogen (secondary N) is 1. The lowest BCUT2D eigenvalue weighted by atomic mass is 9.96. The van der Waals surface area contributed by atoms with Gasteiger partial charge in [-0.15, -0.1) is 0 Å². The lowest BCUT2D eigenvalue weighted by Gasteiger charge is -2.30. The van der Waals surface area contributed by atoms with E-state index in [0.717, 1.165) is 31.3 Å². The molecule has 0 saturated heterocycles. The summed E-state index contributed by atoms with van der Waals surface area (Å²) in [5.41, 5.74) is 1.40. The van der Waals surface area contributed by atoms with E-state index in [2.05, 4.69) is 9.71 Å². The fourth-order valence-corrected chi connectivity index (χ4v) is 4.32. The molecule has 126 valence electrons. The van der Waals surface area contributed by atoms with Crippen LogP contribution in [-0.2, 0) is 16.8 Å². The molecule has 0 atom stereocenters. The molecule has 1 N–H and O–H groups in total. The molecular formula is C15H21ClN4O2S. The van der Waals surface area contributed by atoms with Crippen LogP contribution in [0.2, 0.25) is 5.02 Å². The van der Waals surface area contributed by atoms with E-state index >= 15 is 0 Å². The lowest BCUT2D eigenvalue weighted by Crippen LogP contribution is -2.44. The normalized spacial score (nSPS) is 17.2. The summed E-state index contributed by atoms with van der Waals surface area (Å²) >= 11 is 5.94. The SMILES string of the molecule is CN(C1CCCCC1)S(=O)(=O)NCc1cn2cc(Cl)ccc2n1. The van der Waals surface area contributed by atoms with Gasteiger partial charge in [0.1, 0.15) is 5.65 Å². The molecule has 0 unspecified atom stereocenters. The molecule has 1 aliphatic carbocycles. The molecule has 0 amide bonds. The fraction of sp³-hybridized carbons (Fsp3) is 0.533. The molecule has 23 heavy (non-hydrogen) atoms. The van der Waals surface area contributed by atoms with Crippen LogP contribution >= 0.6 is 11.6 Å². The second-order valence-corrected chi connectivity index (χ2v) is 8.23. The van der Waals surface area contributed by atoms with Gasteiger partial charge in [0.15, 0.2) is 0 Å². The van der Waals surface area contributed by atoms with Crippen molar-refractivity contribution in [3.8, 4) is 0 Å². The van der Waals surface area contributed by atoms with E-state index in [4.69, 9.17) is 11.6 Å². The molecule has 2 aromatic rings. The average molecular weight is 357 g/mol. The quantitative estimate of drug-likeness (QED) is 0.895. The molecule has 1 aliphatic rings. The summed E-state index contributed by atoms with van der Waals surface area (Å²) in [4.78, 5) is 4.39. The van der Waals surface area contributed by atoms with Crippen molar-refractivity contribution in [1.29, 1.82) is 0 Å². The largest absolute Gasteiger partial charge is 0.305 e. The first-order valence-electron chi connectivity index (χ1n) is 7.81. The zero-order valence-electron chi connectivity index (χ0n) is 13.1. The maximum Gasteiger partial charge on any atom is 0.279 e. The smallest absolute Gasteiger partial charge is 0.279 e. The predicted molar refractivity (Wildman–Crippen MR) is 90.6 cm³/mol. The zero-order chi connectivity index (χ0) is 16.4. The third-order valence-electron chi connectivity index (χ3n) is 4.37. The Bertz CT molecular complexity index is 784. The fourth-order valence-electron chi connectivity index (χ4n) is 3.01. The third kappa shape index (κ3) is 3.85. The number of imidazole rings is 1. The number of halogens is 1. The standard InChI is InChI=1S/C15H21ClN4O2S/c1-19(14-5-3-2-4-6-14)23(21,22)17-9-13-11-20-10-12(16)7-8-15(20)18-13/h7-8,10-11,14,17H,2-6,9H2,1H3. The van der Waals surface area contributed by atoms with Gasteiger partial charge in [-0.3, -0.25) is 0 Å². The highest BCUT2D eigenvalue weighted by molar-refractivity contribution is 7.87. The van der Waals surface area contributed by atoms with Gasteiger partial charge in [-0.2, -0.15) is 17.4 Å². The summed E-state index contributed by atoms with van der Waals surface area (Å²) in [6.45, 7) is 0.165. The molecule has 1 fully saturated rings. The molecule has 0 aliphatic heterocycles. The Hall–Kier alpha value is -1.15. The van der Waals surface area contributed by atoms with E-state index in [-0.39, 0.29) is 12.6 Å². The Balaban J connectivity index is 1.67. The molecule has 2 heterocycles. The first-order chi connectivity index (χ1) is 11.0. The molecule has 1 saturated carbocycles. The van der Waals surface area contributed by atoms with E-state index in [0.29, 0.717) is 10.7 Å². The van der Waals surface area contributed by atoms with Crippen LogP contribution in [0.25, 0.3) is 5.65 Å². The number of pyridine rings is 1. The summed E-state index contributed by atoms with van der Waals surface area (Å²) in [6.07, 6.45) is 8.78. The van der Waals surface area contributed by atoms with E-state index in [1.54, 1.807) is 36.0 Å². The van der Waals surface area contributed by atoms with Crippen molar-refractivity contribution in [3.05, 3.63) is 35.2 Å². The topological polar surface area (TPSA) is 66.7 Å². The highest BCUT2D eigenvalue weighted by Crippen LogP contribution is 2.23. The Morgan fingerprint density at radius 1 is 1.30 bits per heavy atom. The maximum absolute atomic E-state index is 12.4. The lowest BCUT2D eigenvalue weighted by molar-refractivity contribution is 0.283. The summed E-state index contributed by atoms with van der Waals surface area (Å²) < 4.78 is 30.8. The van der Waals surface area contributed by atoms with Crippen molar-refractivity contribution in [3.63, 3.8) is 0 Å². The van der Waals surface area contributed by atoms with Gasteiger partial charge in [0.05, 0.1) is 17.3 Å². The Morgan fingerprint density at radius 3 is 2.78 bits per heavy atom. The third-order valence-corrected chi connectivity index (χ3v) is 6.16. The Morgan fingerprint density at radius 2 is 2.04 bits per heavy atom. The first kappa shape index (κ1) is 16.7. The van der Waals surface area contributed by atoms with Crippen molar-refractivity contribution >= 4 is 27.5 Å². The number of rotatable bonds is 5. The molecule has 0 spiro atoms. The minimum Gasteiger partial charge on any atom is -0.305 e. The van der Waals surface area contributed by atoms with Gasteiger partial charge in [0.25, 0.3) is 10.2 Å². The van der Waals surface area contributed by atoms with Crippen molar-refractivity contribution < 1.29 is 8.42 Å². The van der Waals surface area contributed by atoms with Crippen LogP contribution in [0.15, 0.2) is 24.5 Å². The molecule has 0 aromatic carbocycles. The Labute approximate surface area is 141 Å². The first-order valence-corrected chi connectivity index (χ1v) is 9.63. The van der Waals surface area contributed by atoms with Crippen LogP contribution in [-0.4, -0.2) is 35.2 Å². The van der Waals surface area contributed by atoms with Gasteiger partial charge in [0.2, 0.25) is 0 Å². The molecular weight excluding hydrogens is 336 g/mol. The van der Waals surface area contributed by atoms with Crippen LogP contribution in [0.4, 0.5) is 0 Å². The zero-order valence-corrected chi connectivity index (χ0v) is 14.6. The van der Waals surface area contributed by atoms with E-state index in [1.165, 1.54) is 10.7 Å². The average Bonchev–Trinajstić information content (AvgIpc) is 2.95. The molecule has 0 bridgehead atoms. The summed E-state index contributed by atoms with van der Waals surface area (Å²) in [5.74, 6) is 0. The van der Waals surface area contributed by atoms with Crippen molar-refractivity contribution in [2.24, 2.45) is 0 Å². The van der Waals surface area contributed by atoms with Crippen LogP contribution < -0.4 is 4.72 Å². The van der Waals surface area contributed by atoms with Gasteiger partial charge in [-0.25, -0.2) is 4.98 Å². The second kappa shape index (κ2) is 6.76. The van der Waals surface area contributed by atoms with Gasteiger partial charge >= 0.3 is 0 Å². The maximum atomic E-state index is 12.4. The second-order valence-electron chi connectivity index (χ2n) is 5.98. The van der Waals surface area contributed by atoms with Gasteiger partial charge in [0, 0.05) is 25.5 Å². The monoisotopic (exact) mass is 356 g/mol. The minimum atomic E-state index is -3.50. The summed E-state index contributed by atoms with van der Waals surface area (Å²) in [5, 5.41) is 0.610. The number of hydrogen-bond donors (Lipinski definition) is 1. The van der Waals surface area contributed by atoms with E-state index in [1.807, 2.05) is 0 Å². The highest BCUT2D eigenvalue weighted by atomic mass is 35.5. The van der Waals surface area contributed by atoms with Gasteiger partial charge in [-0.1, -0.05) is 30.9 Å². The van der Waals surface area contributed by atoms with Crippen molar-refractivity contribution in [2.75, 3.05) is 7.05 Å². The predicted octanol–water partition coefficient (Wildman–Crippen LogP) is 2.59. The van der Waals surface area contributed by atoms with Crippen LogP contribution in [0, 0.1) is 0 Å². The molecule has 3 rings (SSSR count). The summed E-state index contributed by atoms with van der Waals surface area (Å²) in [6, 6.07) is 3.66. The van der Waals surface area contributed by atoms with Crippen LogP contribution in [0.1, 0.15) is 37.8 Å². The highest BCUT2D eigenvalue weighted by Gasteiger charge is 2.27. The van der Waals surface area contributed by atoms with Crippen LogP contribution in [0.3, 0.4) is 0 Å². The number of nitrogens with zero attached hydrogens (tertiary/aromatic N) is 3. The minimum absolute atomic E-state index is 0.0983. The van der Waals surface area contributed by atoms with E-state index in [9.17, 15) is 8.42 Å². The number of hydrogen-bond acceptors (Lipinski definition) is 3. The van der Waals surface area contributed by atoms with Crippen molar-refractivity contribution in [1.82, 2.24) is 18.4 Å². The molecule has 0 radical (unpaired) electrons. The summed E-state index contributed by atoms with van der Waals surface area (Å²) in [7, 11) is -1.84. The van der Waals surface area contributed by atoms with Crippen molar-refractivity contribution in [2.45, 2.75) is 44.7 Å². The van der Waals surface area contributed by atoms with Gasteiger partial charge < -0.3 is 4.40 Å². The molecule has 2 aromatic heterocycles. The van der Waals surface area contributed by atoms with Gasteiger partial charge in [-0.05, 0) is 25.0 Å². The molecule has 8 heteroatoms. The number of fused-ring (bicyclic) bond motifs is 1.